The molecule has 0 unspecified atom stereocenters. The van der Waals surface area contributed by atoms with Gasteiger partial charge in [-0.05, 0) is 42.0 Å². The molecule has 1 amide bonds. The van der Waals surface area contributed by atoms with Gasteiger partial charge in [-0.1, -0.05) is 23.7 Å². The Bertz CT molecular complexity index is 683. The topological polar surface area (TPSA) is 53.6 Å². The van der Waals surface area contributed by atoms with Crippen molar-refractivity contribution in [2.24, 2.45) is 0 Å². The molecule has 2 aromatic rings. The van der Waals surface area contributed by atoms with Crippen LogP contribution in [0.2, 0.25) is 5.02 Å². The van der Waals surface area contributed by atoms with Crippen molar-refractivity contribution in [3.63, 3.8) is 0 Å². The number of nitrogens with zero attached hydrogens (tertiary/aromatic N) is 1. The quantitative estimate of drug-likeness (QED) is 0.832. The number of amides is 1. The van der Waals surface area contributed by atoms with Gasteiger partial charge in [-0.25, -0.2) is 0 Å². The Hall–Kier alpha value is -2.08. The molecule has 132 valence electrons. The highest BCUT2D eigenvalue weighted by Crippen LogP contribution is 2.18. The van der Waals surface area contributed by atoms with E-state index in [2.05, 4.69) is 15.5 Å². The SMILES string of the molecule is O=C(CN1CCNCC1)Nc1ccc(OCc2ccc(Cl)cc2)cc1. The molecule has 0 aromatic heterocycles. The number of benzene rings is 2. The van der Waals surface area contributed by atoms with Crippen molar-refractivity contribution in [2.45, 2.75) is 6.61 Å². The van der Waals surface area contributed by atoms with Gasteiger partial charge >= 0.3 is 0 Å². The minimum atomic E-state index is 0.0109. The van der Waals surface area contributed by atoms with Crippen molar-refractivity contribution in [1.29, 1.82) is 0 Å². The van der Waals surface area contributed by atoms with Gasteiger partial charge in [0.25, 0.3) is 0 Å². The third kappa shape index (κ3) is 5.74. The Kier molecular flexibility index (Phi) is 6.28. The predicted octanol–water partition coefficient (Wildman–Crippen LogP) is 2.76. The van der Waals surface area contributed by atoms with Crippen molar-refractivity contribution in [3.05, 3.63) is 59.1 Å². The number of carbonyl (C=O) groups is 1. The molecule has 1 fully saturated rings. The number of ether oxygens (including phenoxy) is 1. The first-order valence-corrected chi connectivity index (χ1v) is 8.77. The second kappa shape index (κ2) is 8.85. The second-order valence-corrected chi connectivity index (χ2v) is 6.45. The normalized spacial score (nSPS) is 14.9. The van der Waals surface area contributed by atoms with Gasteiger partial charge in [-0.3, -0.25) is 9.69 Å². The predicted molar refractivity (Wildman–Crippen MR) is 100 cm³/mol. The van der Waals surface area contributed by atoms with Crippen LogP contribution in [0.5, 0.6) is 5.75 Å². The van der Waals surface area contributed by atoms with Crippen LogP contribution in [0.25, 0.3) is 0 Å². The Morgan fingerprint density at radius 1 is 1.08 bits per heavy atom. The van der Waals surface area contributed by atoms with Crippen molar-refractivity contribution in [2.75, 3.05) is 38.0 Å². The average molecular weight is 360 g/mol. The number of nitrogens with one attached hydrogen (secondary N) is 2. The molecule has 1 heterocycles. The lowest BCUT2D eigenvalue weighted by Gasteiger charge is -2.26. The zero-order valence-corrected chi connectivity index (χ0v) is 14.8. The molecule has 25 heavy (non-hydrogen) atoms. The molecule has 2 N–H and O–H groups in total. The fourth-order valence-electron chi connectivity index (χ4n) is 2.65. The molecule has 1 saturated heterocycles. The summed E-state index contributed by atoms with van der Waals surface area (Å²) >= 11 is 5.87. The molecular formula is C19H22ClN3O2. The first kappa shape index (κ1) is 17.7. The van der Waals surface area contributed by atoms with E-state index >= 15 is 0 Å². The zero-order valence-electron chi connectivity index (χ0n) is 14.0. The van der Waals surface area contributed by atoms with Gasteiger partial charge in [-0.15, -0.1) is 0 Å². The van der Waals surface area contributed by atoms with E-state index in [9.17, 15) is 4.79 Å². The van der Waals surface area contributed by atoms with E-state index in [-0.39, 0.29) is 5.91 Å². The van der Waals surface area contributed by atoms with Crippen molar-refractivity contribution < 1.29 is 9.53 Å². The van der Waals surface area contributed by atoms with Crippen LogP contribution < -0.4 is 15.4 Å². The molecule has 0 aliphatic carbocycles. The fraction of sp³-hybridized carbons (Fsp3) is 0.316. The van der Waals surface area contributed by atoms with Crippen molar-refractivity contribution in [3.8, 4) is 5.75 Å². The summed E-state index contributed by atoms with van der Waals surface area (Å²) in [6, 6.07) is 15.0. The summed E-state index contributed by atoms with van der Waals surface area (Å²) < 4.78 is 5.74. The van der Waals surface area contributed by atoms with Crippen LogP contribution in [-0.4, -0.2) is 43.5 Å². The van der Waals surface area contributed by atoms with Gasteiger partial charge in [0.05, 0.1) is 6.54 Å². The van der Waals surface area contributed by atoms with E-state index in [1.165, 1.54) is 0 Å². The maximum Gasteiger partial charge on any atom is 0.238 e. The molecular weight excluding hydrogens is 338 g/mol. The number of rotatable bonds is 6. The number of carbonyl (C=O) groups excluding carboxylic acids is 1. The molecule has 0 bridgehead atoms. The molecule has 1 aliphatic heterocycles. The zero-order chi connectivity index (χ0) is 17.5. The highest BCUT2D eigenvalue weighted by Gasteiger charge is 2.13. The van der Waals surface area contributed by atoms with Crippen LogP contribution in [0.15, 0.2) is 48.5 Å². The van der Waals surface area contributed by atoms with E-state index in [0.29, 0.717) is 18.2 Å². The average Bonchev–Trinajstić information content (AvgIpc) is 2.63. The number of hydrogen-bond acceptors (Lipinski definition) is 4. The molecule has 2 aromatic carbocycles. The summed E-state index contributed by atoms with van der Waals surface area (Å²) in [5, 5.41) is 6.91. The van der Waals surface area contributed by atoms with Crippen LogP contribution in [0, 0.1) is 0 Å². The van der Waals surface area contributed by atoms with Crippen LogP contribution in [0.4, 0.5) is 5.69 Å². The number of hydrogen-bond donors (Lipinski definition) is 2. The number of halogens is 1. The lowest BCUT2D eigenvalue weighted by Crippen LogP contribution is -2.46. The van der Waals surface area contributed by atoms with Crippen LogP contribution in [0.1, 0.15) is 5.56 Å². The van der Waals surface area contributed by atoms with Gasteiger partial charge < -0.3 is 15.4 Å². The monoisotopic (exact) mass is 359 g/mol. The van der Waals surface area contributed by atoms with Crippen LogP contribution >= 0.6 is 11.6 Å². The maximum absolute atomic E-state index is 12.1. The number of piperazine rings is 1. The van der Waals surface area contributed by atoms with E-state index in [0.717, 1.165) is 43.2 Å². The highest BCUT2D eigenvalue weighted by molar-refractivity contribution is 6.30. The lowest BCUT2D eigenvalue weighted by molar-refractivity contribution is -0.117. The second-order valence-electron chi connectivity index (χ2n) is 6.01. The molecule has 5 nitrogen and oxygen atoms in total. The highest BCUT2D eigenvalue weighted by atomic mass is 35.5. The van der Waals surface area contributed by atoms with Crippen molar-refractivity contribution >= 4 is 23.2 Å². The van der Waals surface area contributed by atoms with Gasteiger partial charge in [-0.2, -0.15) is 0 Å². The first-order chi connectivity index (χ1) is 12.2. The van der Waals surface area contributed by atoms with Gasteiger partial charge in [0, 0.05) is 36.9 Å². The third-order valence-corrected chi connectivity index (χ3v) is 4.29. The van der Waals surface area contributed by atoms with E-state index in [1.807, 2.05) is 48.5 Å². The molecule has 0 spiro atoms. The lowest BCUT2D eigenvalue weighted by atomic mass is 10.2. The van der Waals surface area contributed by atoms with Gasteiger partial charge in [0.1, 0.15) is 12.4 Å². The van der Waals surface area contributed by atoms with E-state index < -0.39 is 0 Å². The van der Waals surface area contributed by atoms with E-state index in [1.54, 1.807) is 0 Å². The number of anilines is 1. The van der Waals surface area contributed by atoms with E-state index in [4.69, 9.17) is 16.3 Å². The largest absolute Gasteiger partial charge is 0.489 e. The van der Waals surface area contributed by atoms with Gasteiger partial charge in [0.2, 0.25) is 5.91 Å². The molecule has 3 rings (SSSR count). The van der Waals surface area contributed by atoms with Crippen molar-refractivity contribution in [1.82, 2.24) is 10.2 Å². The molecule has 1 aliphatic rings. The third-order valence-electron chi connectivity index (χ3n) is 4.03. The summed E-state index contributed by atoms with van der Waals surface area (Å²) in [4.78, 5) is 14.2. The summed E-state index contributed by atoms with van der Waals surface area (Å²) in [6.07, 6.45) is 0. The Morgan fingerprint density at radius 2 is 1.76 bits per heavy atom. The molecule has 0 saturated carbocycles. The summed E-state index contributed by atoms with van der Waals surface area (Å²) in [5.41, 5.74) is 1.83. The fourth-order valence-corrected chi connectivity index (χ4v) is 2.78. The Morgan fingerprint density at radius 3 is 2.44 bits per heavy atom. The smallest absolute Gasteiger partial charge is 0.238 e. The molecule has 6 heteroatoms. The first-order valence-electron chi connectivity index (χ1n) is 8.39. The molecule has 0 atom stereocenters. The maximum atomic E-state index is 12.1. The van der Waals surface area contributed by atoms with Crippen LogP contribution in [0.3, 0.4) is 0 Å². The summed E-state index contributed by atoms with van der Waals surface area (Å²) in [6.45, 7) is 4.60. The molecule has 0 radical (unpaired) electrons. The minimum absolute atomic E-state index is 0.0109. The minimum Gasteiger partial charge on any atom is -0.489 e. The summed E-state index contributed by atoms with van der Waals surface area (Å²) in [7, 11) is 0. The van der Waals surface area contributed by atoms with Gasteiger partial charge in [0.15, 0.2) is 0 Å². The standard InChI is InChI=1S/C19H22ClN3O2/c20-16-3-1-15(2-4-16)14-25-18-7-5-17(6-8-18)22-19(24)13-23-11-9-21-10-12-23/h1-8,21H,9-14H2,(H,22,24). The Labute approximate surface area is 152 Å². The Balaban J connectivity index is 1.46. The van der Waals surface area contributed by atoms with Crippen LogP contribution in [-0.2, 0) is 11.4 Å². The summed E-state index contributed by atoms with van der Waals surface area (Å²) in [5.74, 6) is 0.770.